The molecular formula is C20H19ClF4N4O2. The molecular weight excluding hydrogens is 440 g/mol. The van der Waals surface area contributed by atoms with Crippen molar-refractivity contribution in [3.05, 3.63) is 64.2 Å². The van der Waals surface area contributed by atoms with Crippen molar-refractivity contribution in [2.45, 2.75) is 31.6 Å². The van der Waals surface area contributed by atoms with Crippen LogP contribution in [0.15, 0.2) is 36.4 Å². The molecule has 1 aromatic carbocycles. The number of amides is 3. The van der Waals surface area contributed by atoms with E-state index in [0.29, 0.717) is 0 Å². The summed E-state index contributed by atoms with van der Waals surface area (Å²) in [6.45, 7) is 3.52. The van der Waals surface area contributed by atoms with Crippen LogP contribution in [0, 0.1) is 5.82 Å². The van der Waals surface area contributed by atoms with Crippen molar-refractivity contribution in [1.82, 2.24) is 20.5 Å². The Balaban J connectivity index is 2.02. The van der Waals surface area contributed by atoms with E-state index in [0.717, 1.165) is 18.2 Å². The molecule has 0 aliphatic carbocycles. The summed E-state index contributed by atoms with van der Waals surface area (Å²) in [5.41, 5.74) is -2.22. The highest BCUT2D eigenvalue weighted by molar-refractivity contribution is 6.30. The largest absolute Gasteiger partial charge is 0.433 e. The topological polar surface area (TPSA) is 74.3 Å². The molecule has 1 fully saturated rings. The van der Waals surface area contributed by atoms with Gasteiger partial charge >= 0.3 is 12.2 Å². The van der Waals surface area contributed by atoms with Crippen LogP contribution < -0.4 is 10.6 Å². The van der Waals surface area contributed by atoms with E-state index in [-0.39, 0.29) is 35.3 Å². The summed E-state index contributed by atoms with van der Waals surface area (Å²) >= 11 is 5.85. The number of hydrogen-bond acceptors (Lipinski definition) is 3. The van der Waals surface area contributed by atoms with Crippen molar-refractivity contribution >= 4 is 23.5 Å². The molecule has 0 unspecified atom stereocenters. The molecule has 11 heteroatoms. The van der Waals surface area contributed by atoms with Crippen LogP contribution in [-0.4, -0.2) is 40.5 Å². The second kappa shape index (κ2) is 8.33. The maximum absolute atomic E-state index is 13.6. The Bertz CT molecular complexity index is 1010. The van der Waals surface area contributed by atoms with Gasteiger partial charge in [0, 0.05) is 13.1 Å². The van der Waals surface area contributed by atoms with Crippen molar-refractivity contribution in [2.24, 2.45) is 0 Å². The summed E-state index contributed by atoms with van der Waals surface area (Å²) in [6.07, 6.45) is -4.70. The first-order chi connectivity index (χ1) is 14.4. The molecule has 2 N–H and O–H groups in total. The second-order valence-corrected chi connectivity index (χ2v) is 7.88. The molecule has 166 valence electrons. The number of piperazine rings is 1. The van der Waals surface area contributed by atoms with Crippen LogP contribution in [0.5, 0.6) is 0 Å². The van der Waals surface area contributed by atoms with Gasteiger partial charge in [0.25, 0.3) is 0 Å². The quantitative estimate of drug-likeness (QED) is 0.685. The zero-order chi connectivity index (χ0) is 23.0. The zero-order valence-corrected chi connectivity index (χ0v) is 17.3. The molecule has 31 heavy (non-hydrogen) atoms. The summed E-state index contributed by atoms with van der Waals surface area (Å²) in [5, 5.41) is 5.01. The van der Waals surface area contributed by atoms with E-state index in [1.807, 2.05) is 0 Å². The molecule has 1 aliphatic rings. The van der Waals surface area contributed by atoms with Crippen LogP contribution in [-0.2, 0) is 11.0 Å². The van der Waals surface area contributed by atoms with Crippen LogP contribution >= 0.6 is 11.6 Å². The van der Waals surface area contributed by atoms with Crippen LogP contribution in [0.4, 0.5) is 22.4 Å². The molecule has 1 aliphatic heterocycles. The van der Waals surface area contributed by atoms with Crippen LogP contribution in [0.25, 0.3) is 0 Å². The highest BCUT2D eigenvalue weighted by Crippen LogP contribution is 2.31. The Morgan fingerprint density at radius 1 is 1.29 bits per heavy atom. The maximum Gasteiger partial charge on any atom is 0.433 e. The Labute approximate surface area is 180 Å². The SMILES string of the molecule is CC1(C)C(=O)NCCN1C(=O)N[C@@H](c1ccc(F)c(Cl)c1)c1cccc(C(F)(F)F)n1. The zero-order valence-electron chi connectivity index (χ0n) is 16.6. The van der Waals surface area contributed by atoms with E-state index < -0.39 is 35.3 Å². The smallest absolute Gasteiger partial charge is 0.352 e. The van der Waals surface area contributed by atoms with E-state index in [2.05, 4.69) is 15.6 Å². The monoisotopic (exact) mass is 458 g/mol. The van der Waals surface area contributed by atoms with Gasteiger partial charge in [-0.2, -0.15) is 13.2 Å². The summed E-state index contributed by atoms with van der Waals surface area (Å²) < 4.78 is 53.2. The lowest BCUT2D eigenvalue weighted by Gasteiger charge is -2.41. The fourth-order valence-corrected chi connectivity index (χ4v) is 3.44. The molecule has 3 rings (SSSR count). The normalized spacial score (nSPS) is 17.1. The number of benzene rings is 1. The molecule has 1 atom stereocenters. The molecule has 0 spiro atoms. The Morgan fingerprint density at radius 3 is 2.65 bits per heavy atom. The number of aromatic nitrogens is 1. The molecule has 0 saturated carbocycles. The van der Waals surface area contributed by atoms with Crippen molar-refractivity contribution < 1.29 is 27.2 Å². The highest BCUT2D eigenvalue weighted by atomic mass is 35.5. The Kier molecular flexibility index (Phi) is 6.13. The molecule has 1 aromatic heterocycles. The van der Waals surface area contributed by atoms with E-state index >= 15 is 0 Å². The minimum Gasteiger partial charge on any atom is -0.352 e. The summed E-state index contributed by atoms with van der Waals surface area (Å²) in [7, 11) is 0. The number of carbonyl (C=O) groups excluding carboxylic acids is 2. The Hall–Kier alpha value is -2.88. The fourth-order valence-electron chi connectivity index (χ4n) is 3.25. The van der Waals surface area contributed by atoms with Gasteiger partial charge in [-0.05, 0) is 43.7 Å². The van der Waals surface area contributed by atoms with Crippen molar-refractivity contribution in [3.8, 4) is 0 Å². The van der Waals surface area contributed by atoms with Gasteiger partial charge in [-0.1, -0.05) is 23.7 Å². The molecule has 0 radical (unpaired) electrons. The summed E-state index contributed by atoms with van der Waals surface area (Å²) in [5.74, 6) is -1.09. The van der Waals surface area contributed by atoms with Crippen molar-refractivity contribution in [3.63, 3.8) is 0 Å². The van der Waals surface area contributed by atoms with E-state index in [1.54, 1.807) is 13.8 Å². The molecule has 3 amide bonds. The second-order valence-electron chi connectivity index (χ2n) is 7.47. The van der Waals surface area contributed by atoms with Crippen LogP contribution in [0.1, 0.15) is 36.8 Å². The maximum atomic E-state index is 13.6. The lowest BCUT2D eigenvalue weighted by molar-refractivity contribution is -0.141. The van der Waals surface area contributed by atoms with Crippen molar-refractivity contribution in [2.75, 3.05) is 13.1 Å². The number of rotatable bonds is 3. The van der Waals surface area contributed by atoms with Crippen LogP contribution in [0.3, 0.4) is 0 Å². The minimum absolute atomic E-state index is 0.120. The predicted octanol–water partition coefficient (Wildman–Crippen LogP) is 3.90. The third-order valence-electron chi connectivity index (χ3n) is 5.00. The molecule has 6 nitrogen and oxygen atoms in total. The number of pyridine rings is 1. The number of urea groups is 1. The number of halogens is 5. The molecule has 1 saturated heterocycles. The summed E-state index contributed by atoms with van der Waals surface area (Å²) in [6, 6.07) is 4.96. The third kappa shape index (κ3) is 4.73. The number of hydrogen-bond donors (Lipinski definition) is 2. The number of carbonyl (C=O) groups is 2. The van der Waals surface area contributed by atoms with E-state index in [1.165, 1.54) is 23.1 Å². The summed E-state index contributed by atoms with van der Waals surface area (Å²) in [4.78, 5) is 30.1. The fraction of sp³-hybridized carbons (Fsp3) is 0.350. The lowest BCUT2D eigenvalue weighted by Crippen LogP contribution is -2.65. The van der Waals surface area contributed by atoms with E-state index in [4.69, 9.17) is 11.6 Å². The lowest BCUT2D eigenvalue weighted by atomic mass is 9.99. The average molecular weight is 459 g/mol. The number of alkyl halides is 3. The van der Waals surface area contributed by atoms with Gasteiger partial charge in [-0.3, -0.25) is 4.79 Å². The van der Waals surface area contributed by atoms with Crippen molar-refractivity contribution in [1.29, 1.82) is 0 Å². The molecule has 2 aromatic rings. The van der Waals surface area contributed by atoms with Crippen LogP contribution in [0.2, 0.25) is 5.02 Å². The standard InChI is InChI=1S/C20H19ClF4N4O2/c1-19(2)17(30)26-8-9-29(19)18(31)28-16(11-6-7-13(22)12(21)10-11)14-4-3-5-15(27-14)20(23,24)25/h3-7,10,16H,8-9H2,1-2H3,(H,26,30)(H,28,31)/t16-/m0/s1. The van der Waals surface area contributed by atoms with Gasteiger partial charge in [0.15, 0.2) is 0 Å². The van der Waals surface area contributed by atoms with Gasteiger partial charge < -0.3 is 15.5 Å². The molecule has 2 heterocycles. The van der Waals surface area contributed by atoms with Gasteiger partial charge in [0.1, 0.15) is 17.1 Å². The highest BCUT2D eigenvalue weighted by Gasteiger charge is 2.41. The van der Waals surface area contributed by atoms with Gasteiger partial charge in [-0.25, -0.2) is 14.2 Å². The predicted molar refractivity (Wildman–Crippen MR) is 105 cm³/mol. The van der Waals surface area contributed by atoms with Gasteiger partial charge in [0.2, 0.25) is 5.91 Å². The van der Waals surface area contributed by atoms with Gasteiger partial charge in [0.05, 0.1) is 16.8 Å². The minimum atomic E-state index is -4.70. The number of nitrogens with zero attached hydrogens (tertiary/aromatic N) is 2. The number of nitrogens with one attached hydrogen (secondary N) is 2. The van der Waals surface area contributed by atoms with E-state index in [9.17, 15) is 27.2 Å². The van der Waals surface area contributed by atoms with Gasteiger partial charge in [-0.15, -0.1) is 0 Å². The average Bonchev–Trinajstić information content (AvgIpc) is 2.69. The third-order valence-corrected chi connectivity index (χ3v) is 5.29. The molecule has 0 bridgehead atoms. The first-order valence-corrected chi connectivity index (χ1v) is 9.64. The Morgan fingerprint density at radius 2 is 2.00 bits per heavy atom. The first kappa shape index (κ1) is 22.8. The first-order valence-electron chi connectivity index (χ1n) is 9.27.